The maximum absolute atomic E-state index is 12.5. The summed E-state index contributed by atoms with van der Waals surface area (Å²) in [5, 5.41) is 3.93. The number of sulfone groups is 1. The fraction of sp³-hybridized carbons (Fsp3) is 0.429. The second-order valence-corrected chi connectivity index (χ2v) is 10.3. The van der Waals surface area contributed by atoms with Gasteiger partial charge in [0.05, 0.1) is 15.7 Å². The number of carbonyl (C=O) groups excluding carboxylic acids is 1. The molecule has 0 unspecified atom stereocenters. The molecule has 1 aliphatic rings. The van der Waals surface area contributed by atoms with Crippen LogP contribution in [0, 0.1) is 0 Å². The highest BCUT2D eigenvalue weighted by Crippen LogP contribution is 2.37. The van der Waals surface area contributed by atoms with Gasteiger partial charge in [0.25, 0.3) is 0 Å². The van der Waals surface area contributed by atoms with E-state index < -0.39 is 9.84 Å². The topological polar surface area (TPSA) is 76.1 Å². The van der Waals surface area contributed by atoms with E-state index in [1.54, 1.807) is 37.4 Å². The maximum Gasteiger partial charge on any atom is 0.217 e. The van der Waals surface area contributed by atoms with Crippen molar-refractivity contribution in [2.45, 2.75) is 54.5 Å². The zero-order chi connectivity index (χ0) is 20.0. The highest BCUT2D eigenvalue weighted by molar-refractivity contribution is 8.00. The van der Waals surface area contributed by atoms with Gasteiger partial charge in [-0.1, -0.05) is 24.3 Å². The maximum atomic E-state index is 12.5. The summed E-state index contributed by atoms with van der Waals surface area (Å²) < 4.78 is 24.9. The third-order valence-corrected chi connectivity index (χ3v) is 8.08. The lowest BCUT2D eigenvalue weighted by Crippen LogP contribution is -2.35. The molecule has 1 aromatic heterocycles. The number of amides is 1. The van der Waals surface area contributed by atoms with E-state index in [4.69, 9.17) is 0 Å². The van der Waals surface area contributed by atoms with Gasteiger partial charge >= 0.3 is 0 Å². The first-order chi connectivity index (χ1) is 13.5. The molecule has 0 bridgehead atoms. The Hall–Kier alpha value is -1.86. The van der Waals surface area contributed by atoms with Crippen LogP contribution in [0.5, 0.6) is 0 Å². The third kappa shape index (κ3) is 5.58. The van der Waals surface area contributed by atoms with Crippen LogP contribution >= 0.6 is 11.8 Å². The summed E-state index contributed by atoms with van der Waals surface area (Å²) in [7, 11) is -3.28. The Morgan fingerprint density at radius 1 is 1.11 bits per heavy atom. The third-order valence-electron chi connectivity index (χ3n) is 5.07. The summed E-state index contributed by atoms with van der Waals surface area (Å²) >= 11 is 1.51. The van der Waals surface area contributed by atoms with Crippen LogP contribution in [-0.2, 0) is 14.6 Å². The molecule has 2 aromatic rings. The average Bonchev–Trinajstić information content (AvgIpc) is 2.69. The van der Waals surface area contributed by atoms with E-state index in [1.807, 2.05) is 12.1 Å². The first-order valence-corrected chi connectivity index (χ1v) is 12.2. The quantitative estimate of drug-likeness (QED) is 0.692. The van der Waals surface area contributed by atoms with Crippen LogP contribution in [0.15, 0.2) is 58.6 Å². The molecule has 28 heavy (non-hydrogen) atoms. The summed E-state index contributed by atoms with van der Waals surface area (Å²) in [6.07, 6.45) is 5.71. The lowest BCUT2D eigenvalue weighted by Gasteiger charge is -2.29. The number of hydrogen-bond donors (Lipinski definition) is 1. The van der Waals surface area contributed by atoms with Gasteiger partial charge in [-0.25, -0.2) is 13.4 Å². The number of hydrogen-bond acceptors (Lipinski definition) is 5. The van der Waals surface area contributed by atoms with Crippen molar-refractivity contribution >= 4 is 27.5 Å². The molecule has 0 spiro atoms. The van der Waals surface area contributed by atoms with Gasteiger partial charge in [0.15, 0.2) is 9.84 Å². The lowest BCUT2D eigenvalue weighted by molar-refractivity contribution is -0.119. The molecular weight excluding hydrogens is 392 g/mol. The van der Waals surface area contributed by atoms with Crippen molar-refractivity contribution in [3.05, 3.63) is 54.2 Å². The fourth-order valence-corrected chi connectivity index (χ4v) is 6.41. The molecule has 3 rings (SSSR count). The Morgan fingerprint density at radius 2 is 1.82 bits per heavy atom. The monoisotopic (exact) mass is 418 g/mol. The van der Waals surface area contributed by atoms with E-state index in [-0.39, 0.29) is 17.7 Å². The second kappa shape index (κ2) is 9.56. The lowest BCUT2D eigenvalue weighted by atomic mass is 9.82. The molecule has 1 aliphatic carbocycles. The molecular formula is C21H26N2O3S2. The Balaban J connectivity index is 1.60. The van der Waals surface area contributed by atoms with Gasteiger partial charge in [0.1, 0.15) is 0 Å². The number of carbonyl (C=O) groups is 1. The van der Waals surface area contributed by atoms with Crippen molar-refractivity contribution in [1.82, 2.24) is 10.3 Å². The van der Waals surface area contributed by atoms with Crippen LogP contribution in [0.1, 0.15) is 44.1 Å². The molecule has 0 saturated heterocycles. The Bertz CT molecular complexity index is 893. The minimum Gasteiger partial charge on any atom is -0.354 e. The molecule has 1 aromatic carbocycles. The number of thioether (sulfide) groups is 1. The summed E-state index contributed by atoms with van der Waals surface area (Å²) in [5.41, 5.74) is 1.20. The van der Waals surface area contributed by atoms with Gasteiger partial charge in [-0.3, -0.25) is 4.79 Å². The van der Waals surface area contributed by atoms with Gasteiger partial charge in [-0.2, -0.15) is 0 Å². The highest BCUT2D eigenvalue weighted by atomic mass is 32.2. The molecule has 1 amide bonds. The van der Waals surface area contributed by atoms with Crippen LogP contribution < -0.4 is 5.32 Å². The van der Waals surface area contributed by atoms with Crippen molar-refractivity contribution in [3.8, 4) is 0 Å². The van der Waals surface area contributed by atoms with Crippen molar-refractivity contribution < 1.29 is 13.2 Å². The number of pyridine rings is 1. The molecule has 1 heterocycles. The minimum absolute atomic E-state index is 0.0284. The van der Waals surface area contributed by atoms with E-state index in [1.165, 1.54) is 17.3 Å². The van der Waals surface area contributed by atoms with Crippen molar-refractivity contribution in [1.29, 1.82) is 0 Å². The van der Waals surface area contributed by atoms with Crippen molar-refractivity contribution in [3.63, 3.8) is 0 Å². The number of benzene rings is 1. The minimum atomic E-state index is -3.28. The van der Waals surface area contributed by atoms with Crippen LogP contribution in [0.2, 0.25) is 0 Å². The first-order valence-electron chi connectivity index (χ1n) is 9.58. The van der Waals surface area contributed by atoms with Gasteiger partial charge < -0.3 is 5.32 Å². The van der Waals surface area contributed by atoms with E-state index in [0.717, 1.165) is 30.7 Å². The number of nitrogens with zero attached hydrogens (tertiary/aromatic N) is 1. The standard InChI is InChI=1S/C21H26N2O3S2/c1-16(24)23-18-11-9-17(10-12-18)20-8-5-13-22-21(20)27-14-15-28(25,26)19-6-3-2-4-7-19/h2-8,13,17-18H,9-12,14-15H2,1H3,(H,23,24). The Kier molecular flexibility index (Phi) is 7.13. The van der Waals surface area contributed by atoms with Crippen LogP contribution in [0.25, 0.3) is 0 Å². The van der Waals surface area contributed by atoms with Gasteiger partial charge in [-0.05, 0) is 55.4 Å². The average molecular weight is 419 g/mol. The van der Waals surface area contributed by atoms with E-state index in [0.29, 0.717) is 16.6 Å². The predicted molar refractivity (Wildman–Crippen MR) is 112 cm³/mol. The fourth-order valence-electron chi connectivity index (χ4n) is 3.66. The molecule has 1 fully saturated rings. The largest absolute Gasteiger partial charge is 0.354 e. The molecule has 0 aliphatic heterocycles. The van der Waals surface area contributed by atoms with Crippen molar-refractivity contribution in [2.24, 2.45) is 0 Å². The number of rotatable bonds is 7. The summed E-state index contributed by atoms with van der Waals surface area (Å²) in [4.78, 5) is 16.1. The van der Waals surface area contributed by atoms with Crippen molar-refractivity contribution in [2.75, 3.05) is 11.5 Å². The predicted octanol–water partition coefficient (Wildman–Crippen LogP) is 3.81. The van der Waals surface area contributed by atoms with E-state index in [9.17, 15) is 13.2 Å². The zero-order valence-electron chi connectivity index (χ0n) is 16.0. The summed E-state index contributed by atoms with van der Waals surface area (Å²) in [5.74, 6) is 1.00. The highest BCUT2D eigenvalue weighted by Gasteiger charge is 2.25. The van der Waals surface area contributed by atoms with E-state index >= 15 is 0 Å². The second-order valence-electron chi connectivity index (χ2n) is 7.13. The number of aromatic nitrogens is 1. The van der Waals surface area contributed by atoms with E-state index in [2.05, 4.69) is 16.4 Å². The first kappa shape index (κ1) is 20.9. The molecule has 150 valence electrons. The molecule has 7 heteroatoms. The molecule has 5 nitrogen and oxygen atoms in total. The smallest absolute Gasteiger partial charge is 0.217 e. The molecule has 0 atom stereocenters. The Labute approximate surface area is 171 Å². The zero-order valence-corrected chi connectivity index (χ0v) is 17.6. The van der Waals surface area contributed by atoms with Crippen LogP contribution in [0.4, 0.5) is 0 Å². The molecule has 1 saturated carbocycles. The van der Waals surface area contributed by atoms with Gasteiger partial charge in [-0.15, -0.1) is 11.8 Å². The van der Waals surface area contributed by atoms with Crippen LogP contribution in [-0.4, -0.2) is 36.9 Å². The molecule has 1 N–H and O–H groups in total. The summed E-state index contributed by atoms with van der Waals surface area (Å²) in [6.45, 7) is 1.56. The SMILES string of the molecule is CC(=O)NC1CCC(c2cccnc2SCCS(=O)(=O)c2ccccc2)CC1. The van der Waals surface area contributed by atoms with Crippen LogP contribution in [0.3, 0.4) is 0 Å². The number of nitrogens with one attached hydrogen (secondary N) is 1. The van der Waals surface area contributed by atoms with Gasteiger partial charge in [0.2, 0.25) is 5.91 Å². The van der Waals surface area contributed by atoms with Gasteiger partial charge in [0, 0.05) is 24.9 Å². The summed E-state index contributed by atoms with van der Waals surface area (Å²) in [6, 6.07) is 12.9. The Morgan fingerprint density at radius 3 is 2.50 bits per heavy atom. The normalized spacial score (nSPS) is 19.9. The molecule has 0 radical (unpaired) electrons.